The Hall–Kier alpha value is -3.69. The van der Waals surface area contributed by atoms with Crippen LogP contribution in [0.25, 0.3) is 33.3 Å². The van der Waals surface area contributed by atoms with Crippen molar-refractivity contribution in [1.29, 1.82) is 0 Å². The number of hydrogen-bond donors (Lipinski definition) is 0. The van der Waals surface area contributed by atoms with E-state index in [0.717, 1.165) is 16.6 Å². The summed E-state index contributed by atoms with van der Waals surface area (Å²) in [5.74, 6) is 0.874. The largest absolute Gasteiger partial charge is 0.479 e. The molecule has 5 aromatic rings. The zero-order valence-electron chi connectivity index (χ0n) is 16.9. The number of nitrogens with zero attached hydrogens (tertiary/aromatic N) is 7. The summed E-state index contributed by atoms with van der Waals surface area (Å²) in [6.45, 7) is 0. The number of halogens is 2. The highest BCUT2D eigenvalue weighted by molar-refractivity contribution is 6.32. The molecule has 160 valence electrons. The quantitative estimate of drug-likeness (QED) is 0.355. The summed E-state index contributed by atoms with van der Waals surface area (Å²) < 4.78 is 10.2. The molecule has 0 radical (unpaired) electrons. The lowest BCUT2D eigenvalue weighted by atomic mass is 10.2. The maximum Gasteiger partial charge on any atom is 0.243 e. The fourth-order valence-electron chi connectivity index (χ4n) is 2.84. The minimum atomic E-state index is 0.403. The third kappa shape index (κ3) is 4.48. The van der Waals surface area contributed by atoms with Crippen molar-refractivity contribution in [3.05, 3.63) is 65.6 Å². The summed E-state index contributed by atoms with van der Waals surface area (Å²) in [5.41, 5.74) is 4.09. The highest BCUT2D eigenvalue weighted by Crippen LogP contribution is 2.27. The third-order valence-corrected chi connectivity index (χ3v) is 4.80. The summed E-state index contributed by atoms with van der Waals surface area (Å²) in [6.07, 6.45) is 4.51. The van der Waals surface area contributed by atoms with Gasteiger partial charge < -0.3 is 9.47 Å². The molecule has 0 saturated heterocycles. The summed E-state index contributed by atoms with van der Waals surface area (Å²) in [4.78, 5) is 28.7. The molecule has 0 bridgehead atoms. The van der Waals surface area contributed by atoms with Gasteiger partial charge in [-0.2, -0.15) is 9.97 Å². The first kappa shape index (κ1) is 21.5. The molecule has 32 heavy (non-hydrogen) atoms. The Morgan fingerprint density at radius 2 is 1.31 bits per heavy atom. The molecule has 0 N–H and O–H groups in total. The number of aromatic nitrogens is 7. The minimum absolute atomic E-state index is 0.403. The maximum atomic E-state index is 6.07. The maximum absolute atomic E-state index is 6.07. The zero-order chi connectivity index (χ0) is 22.5. The average molecular weight is 468 g/mol. The number of fused-ring (bicyclic) bond motifs is 2. The van der Waals surface area contributed by atoms with E-state index in [9.17, 15) is 0 Å². The minimum Gasteiger partial charge on any atom is -0.479 e. The fourth-order valence-corrected chi connectivity index (χ4v) is 3.20. The van der Waals surface area contributed by atoms with Gasteiger partial charge in [0.1, 0.15) is 23.0 Å². The van der Waals surface area contributed by atoms with Crippen molar-refractivity contribution in [2.75, 3.05) is 14.2 Å². The van der Waals surface area contributed by atoms with Gasteiger partial charge in [0.15, 0.2) is 11.0 Å². The Bertz CT molecular complexity index is 1400. The zero-order valence-corrected chi connectivity index (χ0v) is 18.4. The average Bonchev–Trinajstić information content (AvgIpc) is 2.83. The first-order chi connectivity index (χ1) is 15.6. The summed E-state index contributed by atoms with van der Waals surface area (Å²) in [6, 6.07) is 10.8. The van der Waals surface area contributed by atoms with Gasteiger partial charge in [0.05, 0.1) is 30.9 Å². The van der Waals surface area contributed by atoms with Gasteiger partial charge in [-0.3, -0.25) is 0 Å². The van der Waals surface area contributed by atoms with Crippen molar-refractivity contribution in [3.8, 4) is 23.0 Å². The van der Waals surface area contributed by atoms with Crippen LogP contribution in [-0.4, -0.2) is 49.1 Å². The first-order valence-electron chi connectivity index (χ1n) is 9.18. The second-order valence-corrected chi connectivity index (χ2v) is 6.92. The van der Waals surface area contributed by atoms with Crippen molar-refractivity contribution in [1.82, 2.24) is 34.9 Å². The van der Waals surface area contributed by atoms with Crippen LogP contribution < -0.4 is 9.47 Å². The van der Waals surface area contributed by atoms with Crippen LogP contribution in [0.15, 0.2) is 55.2 Å². The van der Waals surface area contributed by atoms with E-state index in [1.54, 1.807) is 25.4 Å². The van der Waals surface area contributed by atoms with E-state index in [1.165, 1.54) is 19.8 Å². The molecule has 0 unspecified atom stereocenters. The standard InChI is InChI=1S/C13H9ClN4O.C8H6ClN3O/c1-19-13-11-10(16-7-17-13)5-4-9(18-11)8-3-2-6-15-12(8)14;1-13-8-7-5(10-4-11-8)2-3-6(9)12-7/h2-7H,1H3;2-4H,1H3. The Morgan fingerprint density at radius 3 is 1.94 bits per heavy atom. The number of ether oxygens (including phenoxy) is 2. The van der Waals surface area contributed by atoms with Gasteiger partial charge in [-0.25, -0.2) is 24.9 Å². The van der Waals surface area contributed by atoms with Gasteiger partial charge >= 0.3 is 0 Å². The molecule has 5 rings (SSSR count). The van der Waals surface area contributed by atoms with Crippen molar-refractivity contribution in [2.24, 2.45) is 0 Å². The van der Waals surface area contributed by atoms with Gasteiger partial charge in [0, 0.05) is 11.8 Å². The van der Waals surface area contributed by atoms with Crippen molar-refractivity contribution >= 4 is 45.3 Å². The Kier molecular flexibility index (Phi) is 6.48. The highest BCUT2D eigenvalue weighted by Gasteiger charge is 2.10. The number of pyridine rings is 3. The second kappa shape index (κ2) is 9.63. The van der Waals surface area contributed by atoms with Crippen molar-refractivity contribution < 1.29 is 9.47 Å². The lowest BCUT2D eigenvalue weighted by molar-refractivity contribution is 0.401. The first-order valence-corrected chi connectivity index (χ1v) is 9.94. The monoisotopic (exact) mass is 467 g/mol. The molecule has 9 nitrogen and oxygen atoms in total. The van der Waals surface area contributed by atoms with E-state index in [4.69, 9.17) is 32.7 Å². The smallest absolute Gasteiger partial charge is 0.243 e. The number of hydrogen-bond acceptors (Lipinski definition) is 9. The Morgan fingerprint density at radius 1 is 0.688 bits per heavy atom. The van der Waals surface area contributed by atoms with Gasteiger partial charge in [-0.1, -0.05) is 23.2 Å². The molecular formula is C21H15Cl2N7O2. The van der Waals surface area contributed by atoms with Crippen LogP contribution >= 0.6 is 23.2 Å². The molecule has 5 heterocycles. The molecule has 5 aromatic heterocycles. The van der Waals surface area contributed by atoms with Crippen molar-refractivity contribution in [2.45, 2.75) is 0 Å². The summed E-state index contributed by atoms with van der Waals surface area (Å²) in [7, 11) is 3.08. The normalized spacial score (nSPS) is 10.5. The SMILES string of the molecule is COc1ncnc2ccc(-c3cccnc3Cl)nc12.COc1ncnc2ccc(Cl)nc12. The van der Waals surface area contributed by atoms with Gasteiger partial charge in [0.2, 0.25) is 11.8 Å². The van der Waals surface area contributed by atoms with Crippen LogP contribution in [0.1, 0.15) is 0 Å². The van der Waals surface area contributed by atoms with Crippen LogP contribution in [0.2, 0.25) is 10.3 Å². The van der Waals surface area contributed by atoms with Crippen molar-refractivity contribution in [3.63, 3.8) is 0 Å². The molecular weight excluding hydrogens is 453 g/mol. The van der Waals surface area contributed by atoms with E-state index in [-0.39, 0.29) is 0 Å². The summed E-state index contributed by atoms with van der Waals surface area (Å²) in [5, 5.41) is 0.811. The molecule has 0 amide bonds. The fraction of sp³-hybridized carbons (Fsp3) is 0.0952. The van der Waals surface area contributed by atoms with Crippen LogP contribution in [0.5, 0.6) is 11.8 Å². The molecule has 0 fully saturated rings. The molecule has 11 heteroatoms. The number of methoxy groups -OCH3 is 2. The summed E-state index contributed by atoms with van der Waals surface area (Å²) >= 11 is 11.8. The molecule has 0 saturated carbocycles. The Balaban J connectivity index is 0.000000165. The lowest BCUT2D eigenvalue weighted by Gasteiger charge is -2.06. The number of rotatable bonds is 3. The molecule has 0 atom stereocenters. The third-order valence-electron chi connectivity index (χ3n) is 4.28. The molecule has 0 spiro atoms. The van der Waals surface area contributed by atoms with E-state index in [1.807, 2.05) is 24.3 Å². The van der Waals surface area contributed by atoms with E-state index in [2.05, 4.69) is 34.9 Å². The highest BCUT2D eigenvalue weighted by atomic mass is 35.5. The van der Waals surface area contributed by atoms with Crippen LogP contribution in [0.4, 0.5) is 0 Å². The van der Waals surface area contributed by atoms with Gasteiger partial charge in [0.25, 0.3) is 0 Å². The second-order valence-electron chi connectivity index (χ2n) is 6.17. The predicted molar refractivity (Wildman–Crippen MR) is 121 cm³/mol. The van der Waals surface area contributed by atoms with Crippen LogP contribution in [0.3, 0.4) is 0 Å². The van der Waals surface area contributed by atoms with E-state index in [0.29, 0.717) is 38.8 Å². The molecule has 0 aliphatic carbocycles. The van der Waals surface area contributed by atoms with E-state index >= 15 is 0 Å². The topological polar surface area (TPSA) is 109 Å². The Labute approximate surface area is 192 Å². The molecule has 0 aromatic carbocycles. The van der Waals surface area contributed by atoms with Crippen LogP contribution in [0, 0.1) is 0 Å². The van der Waals surface area contributed by atoms with E-state index < -0.39 is 0 Å². The van der Waals surface area contributed by atoms with Gasteiger partial charge in [-0.15, -0.1) is 0 Å². The molecule has 0 aliphatic rings. The van der Waals surface area contributed by atoms with Gasteiger partial charge in [-0.05, 0) is 36.4 Å². The molecule has 0 aliphatic heterocycles. The lowest BCUT2D eigenvalue weighted by Crippen LogP contribution is -1.95. The predicted octanol–water partition coefficient (Wildman–Crippen LogP) is 4.44. The van der Waals surface area contributed by atoms with Crippen LogP contribution in [-0.2, 0) is 0 Å².